The van der Waals surface area contributed by atoms with E-state index in [1.165, 1.54) is 16.7 Å². The molecular weight excluding hydrogens is 385 g/mol. The Morgan fingerprint density at radius 2 is 1.86 bits per heavy atom. The van der Waals surface area contributed by atoms with Crippen molar-refractivity contribution in [3.05, 3.63) is 41.3 Å². The molecule has 0 amide bonds. The maximum absolute atomic E-state index is 14.2. The summed E-state index contributed by atoms with van der Waals surface area (Å²) in [6.07, 6.45) is -4.56. The lowest BCUT2D eigenvalue weighted by Crippen LogP contribution is -2.34. The minimum absolute atomic E-state index is 0.0605. The minimum Gasteiger partial charge on any atom is -0.461 e. The van der Waals surface area contributed by atoms with Crippen LogP contribution in [-0.2, 0) is 10.7 Å². The molecule has 0 radical (unpaired) electrons. The van der Waals surface area contributed by atoms with Gasteiger partial charge in [-0.05, 0) is 31.0 Å². The molecule has 0 aliphatic carbocycles. The van der Waals surface area contributed by atoms with E-state index in [2.05, 4.69) is 9.97 Å². The monoisotopic (exact) mass is 401 g/mol. The second-order valence-electron chi connectivity index (χ2n) is 6.47. The largest absolute Gasteiger partial charge is 0.461 e. The first-order chi connectivity index (χ1) is 13.0. The fourth-order valence-electron chi connectivity index (χ4n) is 2.76. The van der Waals surface area contributed by atoms with E-state index in [-0.39, 0.29) is 34.7 Å². The number of pyridine rings is 2. The molecule has 10 heteroatoms. The predicted octanol–water partition coefficient (Wildman–Crippen LogP) is 4.84. The van der Waals surface area contributed by atoms with E-state index in [4.69, 9.17) is 4.74 Å². The second kappa shape index (κ2) is 6.68. The van der Waals surface area contributed by atoms with Gasteiger partial charge < -0.3 is 4.74 Å². The van der Waals surface area contributed by atoms with Crippen molar-refractivity contribution in [3.8, 4) is 0 Å². The zero-order valence-electron chi connectivity index (χ0n) is 15.1. The Balaban J connectivity index is 2.36. The summed E-state index contributed by atoms with van der Waals surface area (Å²) in [7, 11) is 0. The standard InChI is InChI=1S/C18H16F5N3O2/c1-4-28-16(27)13-8-26-14(24-13)6-5-10-11(17(19,20)18(21,22)23)7-12(9(2)3)25-15(10)26/h5-9H,4H2,1-3H3. The molecule has 3 rings (SSSR count). The molecule has 3 heterocycles. The topological polar surface area (TPSA) is 56.5 Å². The van der Waals surface area contributed by atoms with E-state index in [0.717, 1.165) is 12.1 Å². The van der Waals surface area contributed by atoms with Gasteiger partial charge in [-0.15, -0.1) is 0 Å². The molecule has 150 valence electrons. The van der Waals surface area contributed by atoms with Gasteiger partial charge in [0.15, 0.2) is 5.69 Å². The highest BCUT2D eigenvalue weighted by Gasteiger charge is 2.59. The van der Waals surface area contributed by atoms with Crippen LogP contribution in [-0.4, -0.2) is 33.1 Å². The van der Waals surface area contributed by atoms with Gasteiger partial charge in [-0.3, -0.25) is 4.40 Å². The molecule has 0 unspecified atom stereocenters. The first-order valence-electron chi connectivity index (χ1n) is 8.42. The van der Waals surface area contributed by atoms with Crippen molar-refractivity contribution in [1.82, 2.24) is 14.4 Å². The quantitative estimate of drug-likeness (QED) is 0.464. The van der Waals surface area contributed by atoms with Crippen molar-refractivity contribution in [3.63, 3.8) is 0 Å². The van der Waals surface area contributed by atoms with E-state index in [0.29, 0.717) is 0 Å². The van der Waals surface area contributed by atoms with Gasteiger partial charge >= 0.3 is 18.1 Å². The SMILES string of the molecule is CCOC(=O)c1cn2c(ccc3c(C(F)(F)C(F)(F)F)cc(C(C)C)nc32)n1. The molecule has 3 aromatic heterocycles. The van der Waals surface area contributed by atoms with Gasteiger partial charge in [0.05, 0.1) is 6.61 Å². The molecule has 0 bridgehead atoms. The third-order valence-electron chi connectivity index (χ3n) is 4.19. The van der Waals surface area contributed by atoms with Crippen molar-refractivity contribution >= 4 is 22.6 Å². The van der Waals surface area contributed by atoms with E-state index in [1.54, 1.807) is 20.8 Å². The molecule has 0 N–H and O–H groups in total. The lowest BCUT2D eigenvalue weighted by Gasteiger charge is -2.22. The number of rotatable bonds is 4. The average Bonchev–Trinajstić information content (AvgIpc) is 3.04. The molecule has 0 spiro atoms. The molecule has 0 aromatic carbocycles. The number of aromatic nitrogens is 3. The Kier molecular flexibility index (Phi) is 4.76. The first-order valence-corrected chi connectivity index (χ1v) is 8.42. The number of hydrogen-bond acceptors (Lipinski definition) is 4. The average molecular weight is 401 g/mol. The van der Waals surface area contributed by atoms with Crippen LogP contribution in [0.25, 0.3) is 16.7 Å². The number of esters is 1. The molecule has 0 aliphatic heterocycles. The zero-order chi connectivity index (χ0) is 20.9. The van der Waals surface area contributed by atoms with E-state index in [9.17, 15) is 26.7 Å². The number of carbonyl (C=O) groups excluding carboxylic acids is 1. The van der Waals surface area contributed by atoms with Crippen LogP contribution < -0.4 is 0 Å². The lowest BCUT2D eigenvalue weighted by atomic mass is 9.99. The number of alkyl halides is 5. The lowest BCUT2D eigenvalue weighted by molar-refractivity contribution is -0.288. The summed E-state index contributed by atoms with van der Waals surface area (Å²) < 4.78 is 73.6. The van der Waals surface area contributed by atoms with Crippen molar-refractivity contribution in [2.75, 3.05) is 6.61 Å². The third kappa shape index (κ3) is 3.16. The van der Waals surface area contributed by atoms with Gasteiger partial charge in [0, 0.05) is 22.8 Å². The number of nitrogens with zero attached hydrogens (tertiary/aromatic N) is 3. The molecule has 5 nitrogen and oxygen atoms in total. The summed E-state index contributed by atoms with van der Waals surface area (Å²) in [6, 6.07) is 3.12. The second-order valence-corrected chi connectivity index (χ2v) is 6.47. The number of halogens is 5. The molecule has 0 fully saturated rings. The number of hydrogen-bond donors (Lipinski definition) is 0. The molecule has 0 atom stereocenters. The maximum atomic E-state index is 14.2. The molecule has 0 aliphatic rings. The normalized spacial score (nSPS) is 12.9. The van der Waals surface area contributed by atoms with Crippen LogP contribution in [0.5, 0.6) is 0 Å². The van der Waals surface area contributed by atoms with Crippen LogP contribution >= 0.6 is 0 Å². The van der Waals surface area contributed by atoms with Crippen LogP contribution in [0.2, 0.25) is 0 Å². The summed E-state index contributed by atoms with van der Waals surface area (Å²) in [5, 5.41) is -0.382. The van der Waals surface area contributed by atoms with E-state index >= 15 is 0 Å². The number of carbonyl (C=O) groups is 1. The van der Waals surface area contributed by atoms with Crippen LogP contribution in [0.15, 0.2) is 24.4 Å². The minimum atomic E-state index is -5.77. The molecular formula is C18H16F5N3O2. The third-order valence-corrected chi connectivity index (χ3v) is 4.19. The van der Waals surface area contributed by atoms with Gasteiger partial charge in [0.25, 0.3) is 0 Å². The highest BCUT2D eigenvalue weighted by Crippen LogP contribution is 2.46. The predicted molar refractivity (Wildman–Crippen MR) is 90.5 cm³/mol. The molecule has 28 heavy (non-hydrogen) atoms. The Bertz CT molecular complexity index is 1060. The number of ether oxygens (including phenoxy) is 1. The Morgan fingerprint density at radius 1 is 1.18 bits per heavy atom. The fourth-order valence-corrected chi connectivity index (χ4v) is 2.76. The summed E-state index contributed by atoms with van der Waals surface area (Å²) in [6.45, 7) is 4.96. The molecule has 3 aromatic rings. The summed E-state index contributed by atoms with van der Waals surface area (Å²) in [4.78, 5) is 20.2. The summed E-state index contributed by atoms with van der Waals surface area (Å²) in [5.41, 5.74) is -1.21. The summed E-state index contributed by atoms with van der Waals surface area (Å²) in [5.74, 6) is -6.22. The van der Waals surface area contributed by atoms with Gasteiger partial charge in [-0.2, -0.15) is 22.0 Å². The highest BCUT2D eigenvalue weighted by molar-refractivity contribution is 5.90. The smallest absolute Gasteiger partial charge is 0.458 e. The Labute approximate surface area is 156 Å². The fraction of sp³-hybridized carbons (Fsp3) is 0.389. The van der Waals surface area contributed by atoms with E-state index < -0.39 is 29.5 Å². The zero-order valence-corrected chi connectivity index (χ0v) is 15.1. The maximum Gasteiger partial charge on any atom is 0.458 e. The Morgan fingerprint density at radius 3 is 2.43 bits per heavy atom. The number of fused-ring (bicyclic) bond motifs is 3. The molecule has 0 saturated heterocycles. The van der Waals surface area contributed by atoms with Crippen LogP contribution in [0.4, 0.5) is 22.0 Å². The highest BCUT2D eigenvalue weighted by atomic mass is 19.4. The summed E-state index contributed by atoms with van der Waals surface area (Å²) >= 11 is 0. The van der Waals surface area contributed by atoms with Crippen molar-refractivity contribution in [1.29, 1.82) is 0 Å². The number of imidazole rings is 1. The van der Waals surface area contributed by atoms with Gasteiger partial charge in [0.1, 0.15) is 11.3 Å². The van der Waals surface area contributed by atoms with Gasteiger partial charge in [0.2, 0.25) is 0 Å². The van der Waals surface area contributed by atoms with Crippen LogP contribution in [0.1, 0.15) is 48.4 Å². The van der Waals surface area contributed by atoms with Gasteiger partial charge in [-0.25, -0.2) is 14.8 Å². The Hall–Kier alpha value is -2.78. The van der Waals surface area contributed by atoms with Crippen LogP contribution in [0, 0.1) is 0 Å². The van der Waals surface area contributed by atoms with Crippen molar-refractivity contribution in [2.24, 2.45) is 0 Å². The van der Waals surface area contributed by atoms with Gasteiger partial charge in [-0.1, -0.05) is 13.8 Å². The molecule has 0 saturated carbocycles. The van der Waals surface area contributed by atoms with Crippen LogP contribution in [0.3, 0.4) is 0 Å². The first kappa shape index (κ1) is 20.0. The van der Waals surface area contributed by atoms with E-state index in [1.807, 2.05) is 0 Å². The van der Waals surface area contributed by atoms with Crippen molar-refractivity contribution in [2.45, 2.75) is 38.8 Å². The van der Waals surface area contributed by atoms with Crippen molar-refractivity contribution < 1.29 is 31.5 Å².